The molecule has 2 amide bonds. The van der Waals surface area contributed by atoms with Gasteiger partial charge in [-0.1, -0.05) is 24.3 Å². The third-order valence-electron chi connectivity index (χ3n) is 10.1. The molecule has 2 saturated carbocycles. The summed E-state index contributed by atoms with van der Waals surface area (Å²) < 4.78 is 6.56. The SMILES string of the molecule is CC(=O)N1CC2(CC(Nc3cc4c(cn3)C3(CC3)CN(CC3CN5CCc6ccccc6C5O3)C4=O)C2)C1. The van der Waals surface area contributed by atoms with Crippen LogP contribution in [-0.4, -0.2) is 82.9 Å². The number of aromatic nitrogens is 1. The second-order valence-electron chi connectivity index (χ2n) is 12.8. The molecule has 198 valence electrons. The van der Waals surface area contributed by atoms with Gasteiger partial charge in [0.1, 0.15) is 12.0 Å². The summed E-state index contributed by atoms with van der Waals surface area (Å²) in [5.41, 5.74) is 4.96. The first-order chi connectivity index (χ1) is 18.4. The molecule has 2 aromatic rings. The van der Waals surface area contributed by atoms with Gasteiger partial charge in [0.15, 0.2) is 0 Å². The van der Waals surface area contributed by atoms with Crippen molar-refractivity contribution in [3.8, 4) is 0 Å². The summed E-state index contributed by atoms with van der Waals surface area (Å²) in [5.74, 6) is 1.07. The smallest absolute Gasteiger partial charge is 0.254 e. The van der Waals surface area contributed by atoms with E-state index < -0.39 is 0 Å². The molecule has 8 rings (SSSR count). The van der Waals surface area contributed by atoms with Crippen LogP contribution < -0.4 is 5.32 Å². The summed E-state index contributed by atoms with van der Waals surface area (Å²) in [7, 11) is 0. The summed E-state index contributed by atoms with van der Waals surface area (Å²) in [5, 5.41) is 3.58. The van der Waals surface area contributed by atoms with Crippen LogP contribution in [0.1, 0.15) is 65.9 Å². The number of anilines is 1. The van der Waals surface area contributed by atoms with Crippen LogP contribution in [0.15, 0.2) is 36.5 Å². The lowest BCUT2D eigenvalue weighted by atomic mass is 9.60. The van der Waals surface area contributed by atoms with Crippen LogP contribution in [0.5, 0.6) is 0 Å². The lowest BCUT2D eigenvalue weighted by Gasteiger charge is -2.59. The Balaban J connectivity index is 0.959. The minimum Gasteiger partial charge on any atom is -0.367 e. The van der Waals surface area contributed by atoms with E-state index in [0.29, 0.717) is 12.6 Å². The summed E-state index contributed by atoms with van der Waals surface area (Å²) in [6.07, 6.45) is 7.39. The van der Waals surface area contributed by atoms with E-state index in [4.69, 9.17) is 9.72 Å². The fourth-order valence-electron chi connectivity index (χ4n) is 7.85. The first kappa shape index (κ1) is 23.0. The molecule has 1 aromatic carbocycles. The second-order valence-corrected chi connectivity index (χ2v) is 12.8. The van der Waals surface area contributed by atoms with Gasteiger partial charge in [-0.05, 0) is 54.9 Å². The number of carbonyl (C=O) groups excluding carboxylic acids is 2. The number of amides is 2. The number of likely N-dealkylation sites (tertiary alicyclic amines) is 1. The molecule has 0 radical (unpaired) electrons. The maximum atomic E-state index is 13.8. The van der Waals surface area contributed by atoms with Gasteiger partial charge < -0.3 is 19.9 Å². The van der Waals surface area contributed by atoms with Crippen LogP contribution >= 0.6 is 0 Å². The average molecular weight is 514 g/mol. The van der Waals surface area contributed by atoms with Gasteiger partial charge >= 0.3 is 0 Å². The average Bonchev–Trinajstić information content (AvgIpc) is 3.51. The Morgan fingerprint density at radius 1 is 1.18 bits per heavy atom. The molecule has 2 atom stereocenters. The number of hydrogen-bond acceptors (Lipinski definition) is 6. The Bertz CT molecular complexity index is 1320. The van der Waals surface area contributed by atoms with Crippen molar-refractivity contribution in [3.63, 3.8) is 0 Å². The number of fused-ring (bicyclic) bond motifs is 5. The molecule has 4 aliphatic heterocycles. The fourth-order valence-corrected chi connectivity index (χ4v) is 7.85. The monoisotopic (exact) mass is 513 g/mol. The van der Waals surface area contributed by atoms with Crippen molar-refractivity contribution in [2.75, 3.05) is 44.6 Å². The zero-order valence-electron chi connectivity index (χ0n) is 22.0. The van der Waals surface area contributed by atoms with E-state index in [0.717, 1.165) is 81.8 Å². The molecule has 38 heavy (non-hydrogen) atoms. The highest BCUT2D eigenvalue weighted by Crippen LogP contribution is 2.53. The number of nitrogens with one attached hydrogen (secondary N) is 1. The van der Waals surface area contributed by atoms with Gasteiger partial charge in [-0.3, -0.25) is 14.5 Å². The van der Waals surface area contributed by atoms with Crippen molar-refractivity contribution in [2.24, 2.45) is 5.41 Å². The number of benzene rings is 1. The second kappa shape index (κ2) is 8.02. The molecule has 8 heteroatoms. The molecule has 6 aliphatic rings. The third kappa shape index (κ3) is 3.53. The number of carbonyl (C=O) groups is 2. The molecule has 8 nitrogen and oxygen atoms in total. The quantitative estimate of drug-likeness (QED) is 0.678. The number of nitrogens with zero attached hydrogens (tertiary/aromatic N) is 4. The van der Waals surface area contributed by atoms with Crippen LogP contribution in [0.2, 0.25) is 0 Å². The van der Waals surface area contributed by atoms with E-state index >= 15 is 0 Å². The van der Waals surface area contributed by atoms with Gasteiger partial charge in [0.2, 0.25) is 5.91 Å². The normalized spacial score (nSPS) is 28.4. The highest BCUT2D eigenvalue weighted by atomic mass is 16.5. The Labute approximate surface area is 223 Å². The third-order valence-corrected chi connectivity index (χ3v) is 10.1. The summed E-state index contributed by atoms with van der Waals surface area (Å²) in [6, 6.07) is 10.9. The number of rotatable bonds is 4. The number of hydrogen-bond donors (Lipinski definition) is 1. The summed E-state index contributed by atoms with van der Waals surface area (Å²) >= 11 is 0. The molecule has 2 spiro atoms. The molecular formula is C30H35N5O3. The number of ether oxygens (including phenoxy) is 1. The zero-order valence-corrected chi connectivity index (χ0v) is 22.0. The van der Waals surface area contributed by atoms with E-state index in [1.165, 1.54) is 11.1 Å². The van der Waals surface area contributed by atoms with Crippen LogP contribution in [0.3, 0.4) is 0 Å². The molecular weight excluding hydrogens is 478 g/mol. The highest BCUT2D eigenvalue weighted by molar-refractivity contribution is 5.98. The van der Waals surface area contributed by atoms with E-state index in [-0.39, 0.29) is 35.0 Å². The van der Waals surface area contributed by atoms with Gasteiger partial charge in [0, 0.05) is 74.8 Å². The van der Waals surface area contributed by atoms with E-state index in [1.54, 1.807) is 6.92 Å². The molecule has 2 unspecified atom stereocenters. The molecule has 2 saturated heterocycles. The Morgan fingerprint density at radius 2 is 2.00 bits per heavy atom. The van der Waals surface area contributed by atoms with Crippen LogP contribution in [0.4, 0.5) is 5.82 Å². The topological polar surface area (TPSA) is 78.0 Å². The Kier molecular flexibility index (Phi) is 4.85. The van der Waals surface area contributed by atoms with Gasteiger partial charge in [-0.15, -0.1) is 0 Å². The fraction of sp³-hybridized carbons (Fsp3) is 0.567. The van der Waals surface area contributed by atoms with Crippen LogP contribution in [-0.2, 0) is 21.4 Å². The minimum absolute atomic E-state index is 0.0102. The maximum Gasteiger partial charge on any atom is 0.254 e. The molecule has 1 N–H and O–H groups in total. The molecule has 5 heterocycles. The van der Waals surface area contributed by atoms with Gasteiger partial charge in [0.25, 0.3) is 5.91 Å². The van der Waals surface area contributed by atoms with E-state index in [1.807, 2.05) is 17.2 Å². The van der Waals surface area contributed by atoms with E-state index in [2.05, 4.69) is 39.4 Å². The molecule has 1 aromatic heterocycles. The van der Waals surface area contributed by atoms with Crippen molar-refractivity contribution in [1.82, 2.24) is 19.7 Å². The molecule has 4 fully saturated rings. The molecule has 2 aliphatic carbocycles. The van der Waals surface area contributed by atoms with Gasteiger partial charge in [-0.25, -0.2) is 4.98 Å². The van der Waals surface area contributed by atoms with Gasteiger partial charge in [-0.2, -0.15) is 0 Å². The zero-order chi connectivity index (χ0) is 25.6. The van der Waals surface area contributed by atoms with Crippen molar-refractivity contribution >= 4 is 17.6 Å². The number of pyridine rings is 1. The lowest BCUT2D eigenvalue weighted by Crippen LogP contribution is -2.65. The lowest BCUT2D eigenvalue weighted by molar-refractivity contribution is -0.147. The van der Waals surface area contributed by atoms with Crippen LogP contribution in [0.25, 0.3) is 0 Å². The van der Waals surface area contributed by atoms with E-state index in [9.17, 15) is 9.59 Å². The standard InChI is InChI=1S/C30H35N5O3/c1-19(36)35-16-29(17-35)11-21(12-29)32-26-10-24-25(13-31-26)30(7-8-30)18-34(27(24)37)15-22-14-33-9-6-20-4-2-3-5-23(20)28(33)38-22/h2-5,10,13,21-22,28H,6-9,11-12,14-18H2,1H3,(H,31,32). The van der Waals surface area contributed by atoms with Crippen molar-refractivity contribution in [1.29, 1.82) is 0 Å². The predicted molar refractivity (Wildman–Crippen MR) is 142 cm³/mol. The Hall–Kier alpha value is -2.97. The summed E-state index contributed by atoms with van der Waals surface area (Å²) in [6.45, 7) is 6.69. The summed E-state index contributed by atoms with van der Waals surface area (Å²) in [4.78, 5) is 36.5. The Morgan fingerprint density at radius 3 is 2.79 bits per heavy atom. The first-order valence-corrected chi connectivity index (χ1v) is 14.2. The van der Waals surface area contributed by atoms with Crippen molar-refractivity contribution in [3.05, 3.63) is 58.8 Å². The van der Waals surface area contributed by atoms with Crippen molar-refractivity contribution in [2.45, 2.75) is 62.8 Å². The largest absolute Gasteiger partial charge is 0.367 e. The minimum atomic E-state index is 0.0102. The van der Waals surface area contributed by atoms with Gasteiger partial charge in [0.05, 0.1) is 6.10 Å². The highest BCUT2D eigenvalue weighted by Gasteiger charge is 2.54. The first-order valence-electron chi connectivity index (χ1n) is 14.2. The van der Waals surface area contributed by atoms with Crippen molar-refractivity contribution < 1.29 is 14.3 Å². The predicted octanol–water partition coefficient (Wildman–Crippen LogP) is 2.95. The van der Waals surface area contributed by atoms with Crippen LogP contribution in [0, 0.1) is 5.41 Å². The molecule has 0 bridgehead atoms. The maximum absolute atomic E-state index is 13.8.